The Kier molecular flexibility index (Phi) is 6.45. The summed E-state index contributed by atoms with van der Waals surface area (Å²) in [5, 5.41) is 20.3. The van der Waals surface area contributed by atoms with Crippen molar-refractivity contribution in [2.24, 2.45) is 0 Å². The highest BCUT2D eigenvalue weighted by Crippen LogP contribution is 1.84. The smallest absolute Gasteiger partial charge is 0.128 e. The van der Waals surface area contributed by atoms with Gasteiger partial charge >= 0.3 is 0 Å². The standard InChI is InChI=1S/C7H17NO3/c1-6(2)8-7(10)5-11-4-3-9/h6-10H,3-5H2,1-2H3. The molecule has 0 aliphatic heterocycles. The number of hydrogen-bond acceptors (Lipinski definition) is 4. The molecule has 0 spiro atoms. The molecule has 4 heteroatoms. The molecule has 0 bridgehead atoms. The van der Waals surface area contributed by atoms with Gasteiger partial charge in [0, 0.05) is 6.04 Å². The third-order valence-corrected chi connectivity index (χ3v) is 1.04. The maximum Gasteiger partial charge on any atom is 0.128 e. The zero-order chi connectivity index (χ0) is 8.69. The highest BCUT2D eigenvalue weighted by Gasteiger charge is 2.03. The molecule has 0 amide bonds. The van der Waals surface area contributed by atoms with Crippen LogP contribution in [0.15, 0.2) is 0 Å². The molecule has 1 atom stereocenters. The average Bonchev–Trinajstić information content (AvgIpc) is 1.86. The molecule has 4 nitrogen and oxygen atoms in total. The number of aliphatic hydroxyl groups excluding tert-OH is 2. The monoisotopic (exact) mass is 163 g/mol. The number of hydrogen-bond donors (Lipinski definition) is 3. The van der Waals surface area contributed by atoms with Crippen molar-refractivity contribution in [3.05, 3.63) is 0 Å². The van der Waals surface area contributed by atoms with Crippen molar-refractivity contribution in [3.8, 4) is 0 Å². The van der Waals surface area contributed by atoms with Gasteiger partial charge in [0.25, 0.3) is 0 Å². The van der Waals surface area contributed by atoms with E-state index in [1.807, 2.05) is 13.8 Å². The average molecular weight is 163 g/mol. The van der Waals surface area contributed by atoms with Crippen molar-refractivity contribution < 1.29 is 14.9 Å². The molecule has 0 saturated carbocycles. The fraction of sp³-hybridized carbons (Fsp3) is 1.00. The van der Waals surface area contributed by atoms with E-state index in [0.29, 0.717) is 0 Å². The topological polar surface area (TPSA) is 61.7 Å². The lowest BCUT2D eigenvalue weighted by atomic mass is 10.4. The first-order chi connectivity index (χ1) is 5.16. The second kappa shape index (κ2) is 6.54. The van der Waals surface area contributed by atoms with Crippen LogP contribution in [0.25, 0.3) is 0 Å². The van der Waals surface area contributed by atoms with Crippen molar-refractivity contribution in [1.29, 1.82) is 0 Å². The van der Waals surface area contributed by atoms with Gasteiger partial charge in [0.1, 0.15) is 6.23 Å². The van der Waals surface area contributed by atoms with Gasteiger partial charge in [-0.25, -0.2) is 0 Å². The molecule has 68 valence electrons. The summed E-state index contributed by atoms with van der Waals surface area (Å²) in [5.74, 6) is 0. The van der Waals surface area contributed by atoms with Crippen LogP contribution in [0.4, 0.5) is 0 Å². The molecule has 0 aliphatic rings. The van der Waals surface area contributed by atoms with E-state index in [-0.39, 0.29) is 25.9 Å². The van der Waals surface area contributed by atoms with Crippen LogP contribution in [0.3, 0.4) is 0 Å². The van der Waals surface area contributed by atoms with Crippen LogP contribution in [0, 0.1) is 0 Å². The van der Waals surface area contributed by atoms with Crippen LogP contribution < -0.4 is 5.32 Å². The van der Waals surface area contributed by atoms with Crippen LogP contribution in [-0.4, -0.2) is 42.3 Å². The second-order valence-electron chi connectivity index (χ2n) is 2.64. The van der Waals surface area contributed by atoms with E-state index in [9.17, 15) is 0 Å². The largest absolute Gasteiger partial charge is 0.394 e. The summed E-state index contributed by atoms with van der Waals surface area (Å²) in [7, 11) is 0. The van der Waals surface area contributed by atoms with Crippen molar-refractivity contribution in [1.82, 2.24) is 5.32 Å². The molecule has 0 rings (SSSR count). The van der Waals surface area contributed by atoms with Gasteiger partial charge in [0.05, 0.1) is 19.8 Å². The molecule has 0 fully saturated rings. The van der Waals surface area contributed by atoms with E-state index in [4.69, 9.17) is 14.9 Å². The second-order valence-corrected chi connectivity index (χ2v) is 2.64. The summed E-state index contributed by atoms with van der Waals surface area (Å²) in [5.41, 5.74) is 0. The summed E-state index contributed by atoms with van der Waals surface area (Å²) in [6.07, 6.45) is -0.637. The summed E-state index contributed by atoms with van der Waals surface area (Å²) in [6, 6.07) is 0.239. The molecule has 11 heavy (non-hydrogen) atoms. The zero-order valence-electron chi connectivity index (χ0n) is 7.08. The highest BCUT2D eigenvalue weighted by atomic mass is 16.5. The Labute approximate surface area is 67.2 Å². The zero-order valence-corrected chi connectivity index (χ0v) is 7.08. The third-order valence-electron chi connectivity index (χ3n) is 1.04. The predicted octanol–water partition coefficient (Wildman–Crippen LogP) is -0.688. The lowest BCUT2D eigenvalue weighted by Gasteiger charge is -2.15. The van der Waals surface area contributed by atoms with E-state index in [0.717, 1.165) is 0 Å². The Balaban J connectivity index is 3.15. The number of ether oxygens (including phenoxy) is 1. The van der Waals surface area contributed by atoms with Crippen LogP contribution in [0.2, 0.25) is 0 Å². The number of nitrogens with one attached hydrogen (secondary N) is 1. The first kappa shape index (κ1) is 10.8. The van der Waals surface area contributed by atoms with Gasteiger partial charge in [-0.3, -0.25) is 5.32 Å². The van der Waals surface area contributed by atoms with Crippen molar-refractivity contribution in [2.75, 3.05) is 19.8 Å². The molecule has 0 aromatic heterocycles. The molecule has 0 radical (unpaired) electrons. The fourth-order valence-electron chi connectivity index (χ4n) is 0.692. The molecule has 0 aliphatic carbocycles. The molecule has 0 saturated heterocycles. The summed E-state index contributed by atoms with van der Waals surface area (Å²) in [6.45, 7) is 4.37. The van der Waals surface area contributed by atoms with Gasteiger partial charge in [0.15, 0.2) is 0 Å². The summed E-state index contributed by atoms with van der Waals surface area (Å²) in [4.78, 5) is 0. The first-order valence-electron chi connectivity index (χ1n) is 3.79. The molecule has 0 aromatic rings. The van der Waals surface area contributed by atoms with Gasteiger partial charge in [0.2, 0.25) is 0 Å². The Morgan fingerprint density at radius 1 is 1.45 bits per heavy atom. The lowest BCUT2D eigenvalue weighted by Crippen LogP contribution is -2.38. The quantitative estimate of drug-likeness (QED) is 0.358. The summed E-state index contributed by atoms with van der Waals surface area (Å²) >= 11 is 0. The maximum atomic E-state index is 9.13. The fourth-order valence-corrected chi connectivity index (χ4v) is 0.692. The summed E-state index contributed by atoms with van der Waals surface area (Å²) < 4.78 is 4.88. The molecular weight excluding hydrogens is 146 g/mol. The van der Waals surface area contributed by atoms with Crippen LogP contribution in [-0.2, 0) is 4.74 Å². The Morgan fingerprint density at radius 2 is 2.09 bits per heavy atom. The van der Waals surface area contributed by atoms with Crippen molar-refractivity contribution in [3.63, 3.8) is 0 Å². The minimum Gasteiger partial charge on any atom is -0.394 e. The maximum absolute atomic E-state index is 9.13. The van der Waals surface area contributed by atoms with Crippen LogP contribution in [0.5, 0.6) is 0 Å². The number of aliphatic hydroxyl groups is 2. The van der Waals surface area contributed by atoms with Crippen molar-refractivity contribution in [2.45, 2.75) is 26.1 Å². The SMILES string of the molecule is CC(C)NC(O)COCCO. The van der Waals surface area contributed by atoms with E-state index in [2.05, 4.69) is 5.32 Å². The molecule has 1 unspecified atom stereocenters. The third kappa shape index (κ3) is 7.74. The van der Waals surface area contributed by atoms with Gasteiger partial charge < -0.3 is 14.9 Å². The van der Waals surface area contributed by atoms with Gasteiger partial charge in [-0.2, -0.15) is 0 Å². The van der Waals surface area contributed by atoms with Gasteiger partial charge in [-0.15, -0.1) is 0 Å². The lowest BCUT2D eigenvalue weighted by molar-refractivity contribution is 0.00285. The van der Waals surface area contributed by atoms with E-state index in [1.165, 1.54) is 0 Å². The van der Waals surface area contributed by atoms with Crippen LogP contribution in [0.1, 0.15) is 13.8 Å². The highest BCUT2D eigenvalue weighted by molar-refractivity contribution is 4.55. The molecular formula is C7H17NO3. The molecule has 3 N–H and O–H groups in total. The van der Waals surface area contributed by atoms with E-state index >= 15 is 0 Å². The molecule has 0 heterocycles. The molecule has 0 aromatic carbocycles. The minimum absolute atomic E-state index is 0.00556. The van der Waals surface area contributed by atoms with Gasteiger partial charge in [-0.05, 0) is 13.8 Å². The van der Waals surface area contributed by atoms with Crippen molar-refractivity contribution >= 4 is 0 Å². The Morgan fingerprint density at radius 3 is 2.55 bits per heavy atom. The van der Waals surface area contributed by atoms with Crippen LogP contribution >= 0.6 is 0 Å². The van der Waals surface area contributed by atoms with E-state index < -0.39 is 6.23 Å². The first-order valence-corrected chi connectivity index (χ1v) is 3.79. The van der Waals surface area contributed by atoms with E-state index in [1.54, 1.807) is 0 Å². The Hall–Kier alpha value is -0.160. The Bertz CT molecular complexity index is 87.8. The predicted molar refractivity (Wildman–Crippen MR) is 42.2 cm³/mol. The minimum atomic E-state index is -0.637. The normalized spacial score (nSPS) is 13.9. The van der Waals surface area contributed by atoms with Gasteiger partial charge in [-0.1, -0.05) is 0 Å². The number of rotatable bonds is 6.